The van der Waals surface area contributed by atoms with E-state index in [2.05, 4.69) is 5.10 Å². The second-order valence-corrected chi connectivity index (χ2v) is 9.32. The van der Waals surface area contributed by atoms with Gasteiger partial charge in [0.05, 0.1) is 10.9 Å². The number of aromatic nitrogens is 4. The van der Waals surface area contributed by atoms with E-state index in [0.29, 0.717) is 14.0 Å². The van der Waals surface area contributed by atoms with Gasteiger partial charge in [-0.2, -0.15) is 0 Å². The van der Waals surface area contributed by atoms with Crippen LogP contribution in [0.15, 0.2) is 38.2 Å². The van der Waals surface area contributed by atoms with Crippen molar-refractivity contribution in [3.63, 3.8) is 0 Å². The second kappa shape index (κ2) is 8.05. The maximum atomic E-state index is 13.1. The number of hydrogen-bond donors (Lipinski definition) is 1. The van der Waals surface area contributed by atoms with E-state index < -0.39 is 22.3 Å². The first-order valence-corrected chi connectivity index (χ1v) is 10.3. The highest BCUT2D eigenvalue weighted by Gasteiger charge is 2.26. The molecule has 0 saturated carbocycles. The molecular weight excluding hydrogens is 437 g/mol. The molecule has 3 rings (SSSR count). The summed E-state index contributed by atoms with van der Waals surface area (Å²) >= 11 is 7.61. The van der Waals surface area contributed by atoms with Gasteiger partial charge in [-0.25, -0.2) is 13.9 Å². The fraction of sp³-hybridized carbons (Fsp3) is 0.235. The van der Waals surface area contributed by atoms with Gasteiger partial charge in [0, 0.05) is 14.1 Å². The summed E-state index contributed by atoms with van der Waals surface area (Å²) in [5.74, 6) is -1.07. The highest BCUT2D eigenvalue weighted by atomic mass is 32.2. The summed E-state index contributed by atoms with van der Waals surface area (Å²) in [5, 5.41) is 3.67. The highest BCUT2D eigenvalue weighted by Crippen LogP contribution is 2.29. The van der Waals surface area contributed by atoms with Crippen LogP contribution in [0.2, 0.25) is 0 Å². The number of Topliss-reactive ketones (excluding diaryl/α,β-unsaturated/α-hetero) is 1. The van der Waals surface area contributed by atoms with Crippen LogP contribution in [0.25, 0.3) is 5.69 Å². The van der Waals surface area contributed by atoms with Crippen molar-refractivity contribution in [1.82, 2.24) is 18.9 Å². The Morgan fingerprint density at radius 1 is 1.24 bits per heavy atom. The average molecular weight is 454 g/mol. The normalized spacial score (nSPS) is 12.1. The van der Waals surface area contributed by atoms with Gasteiger partial charge in [0.2, 0.25) is 0 Å². The number of hydrogen-bond acceptors (Lipinski definition) is 8. The molecule has 0 aliphatic rings. The summed E-state index contributed by atoms with van der Waals surface area (Å²) in [6.45, 7) is 1.61. The van der Waals surface area contributed by atoms with E-state index in [1.165, 1.54) is 42.2 Å². The van der Waals surface area contributed by atoms with Gasteiger partial charge in [-0.05, 0) is 43.4 Å². The number of thioether (sulfide) groups is 1. The topological polar surface area (TPSA) is 105 Å². The zero-order chi connectivity index (χ0) is 21.5. The molecule has 8 nitrogen and oxygen atoms in total. The SMILES string of the molecule is C[C@H](Sc1nn(-c2ccc(F)cc2)c(=S)s1)C(=O)c1c(N)n(C)c(=O)n(C)c1=O. The molecule has 0 fully saturated rings. The molecule has 2 heterocycles. The summed E-state index contributed by atoms with van der Waals surface area (Å²) < 4.78 is 17.4. The Kier molecular flexibility index (Phi) is 5.87. The van der Waals surface area contributed by atoms with Crippen LogP contribution in [0.5, 0.6) is 0 Å². The highest BCUT2D eigenvalue weighted by molar-refractivity contribution is 8.02. The Hall–Kier alpha value is -2.57. The molecule has 152 valence electrons. The van der Waals surface area contributed by atoms with Crippen LogP contribution in [0.3, 0.4) is 0 Å². The summed E-state index contributed by atoms with van der Waals surface area (Å²) in [6.07, 6.45) is 0. The minimum atomic E-state index is -0.743. The van der Waals surface area contributed by atoms with Crippen molar-refractivity contribution in [2.75, 3.05) is 5.73 Å². The number of nitrogens with zero attached hydrogens (tertiary/aromatic N) is 4. The maximum absolute atomic E-state index is 13.1. The molecule has 12 heteroatoms. The number of anilines is 1. The van der Waals surface area contributed by atoms with Crippen LogP contribution >= 0.6 is 35.3 Å². The maximum Gasteiger partial charge on any atom is 0.332 e. The van der Waals surface area contributed by atoms with Crippen LogP contribution in [0.1, 0.15) is 17.3 Å². The molecule has 2 N–H and O–H groups in total. The quantitative estimate of drug-likeness (QED) is 0.358. The minimum absolute atomic E-state index is 0.181. The molecule has 3 aromatic rings. The third-order valence-corrected chi connectivity index (χ3v) is 6.62. The van der Waals surface area contributed by atoms with Gasteiger partial charge in [0.25, 0.3) is 5.56 Å². The van der Waals surface area contributed by atoms with Crippen LogP contribution in [0, 0.1) is 9.77 Å². The number of carbonyl (C=O) groups is 1. The number of rotatable bonds is 5. The number of nitrogen functional groups attached to an aromatic ring is 1. The van der Waals surface area contributed by atoms with E-state index >= 15 is 0 Å². The molecule has 0 saturated heterocycles. The van der Waals surface area contributed by atoms with Crippen molar-refractivity contribution in [3.05, 3.63) is 60.4 Å². The van der Waals surface area contributed by atoms with E-state index in [-0.39, 0.29) is 17.2 Å². The Morgan fingerprint density at radius 2 is 1.86 bits per heavy atom. The van der Waals surface area contributed by atoms with Gasteiger partial charge in [-0.1, -0.05) is 23.1 Å². The average Bonchev–Trinajstić information content (AvgIpc) is 3.05. The third-order valence-electron chi connectivity index (χ3n) is 4.20. The van der Waals surface area contributed by atoms with E-state index in [4.69, 9.17) is 18.0 Å². The zero-order valence-electron chi connectivity index (χ0n) is 15.6. The largest absolute Gasteiger partial charge is 0.384 e. The summed E-state index contributed by atoms with van der Waals surface area (Å²) in [4.78, 5) is 37.2. The molecule has 29 heavy (non-hydrogen) atoms. The van der Waals surface area contributed by atoms with E-state index in [0.717, 1.165) is 20.9 Å². The van der Waals surface area contributed by atoms with Crippen LogP contribution in [-0.4, -0.2) is 29.9 Å². The van der Waals surface area contributed by atoms with E-state index in [1.54, 1.807) is 19.1 Å². The predicted molar refractivity (Wildman–Crippen MR) is 113 cm³/mol. The van der Waals surface area contributed by atoms with E-state index in [1.807, 2.05) is 0 Å². The minimum Gasteiger partial charge on any atom is -0.384 e. The molecule has 0 radical (unpaired) electrons. The zero-order valence-corrected chi connectivity index (χ0v) is 18.0. The molecule has 0 aliphatic heterocycles. The van der Waals surface area contributed by atoms with Crippen molar-refractivity contribution in [1.29, 1.82) is 0 Å². The van der Waals surface area contributed by atoms with Crippen molar-refractivity contribution >= 4 is 46.9 Å². The van der Waals surface area contributed by atoms with Gasteiger partial charge in [-0.3, -0.25) is 18.7 Å². The molecule has 0 amide bonds. The first-order chi connectivity index (χ1) is 13.6. The molecule has 0 aliphatic carbocycles. The van der Waals surface area contributed by atoms with Gasteiger partial charge in [0.1, 0.15) is 17.2 Å². The number of carbonyl (C=O) groups excluding carboxylic acids is 1. The lowest BCUT2D eigenvalue weighted by Crippen LogP contribution is -2.42. The van der Waals surface area contributed by atoms with Crippen LogP contribution < -0.4 is 17.0 Å². The number of ketones is 1. The lowest BCUT2D eigenvalue weighted by molar-refractivity contribution is 0.0992. The molecule has 2 aromatic heterocycles. The molecule has 0 bridgehead atoms. The van der Waals surface area contributed by atoms with Crippen LogP contribution in [0.4, 0.5) is 10.2 Å². The Bertz CT molecular complexity index is 1270. The fourth-order valence-corrected chi connectivity index (χ4v) is 5.12. The smallest absolute Gasteiger partial charge is 0.332 e. The number of nitrogens with two attached hydrogens (primary N) is 1. The summed E-state index contributed by atoms with van der Waals surface area (Å²) in [5.41, 5.74) is 4.86. The first-order valence-electron chi connectivity index (χ1n) is 8.24. The van der Waals surface area contributed by atoms with Crippen molar-refractivity contribution < 1.29 is 9.18 Å². The summed E-state index contributed by atoms with van der Waals surface area (Å²) in [7, 11) is 2.68. The fourth-order valence-electron chi connectivity index (χ4n) is 2.55. The third kappa shape index (κ3) is 3.95. The van der Waals surface area contributed by atoms with Crippen molar-refractivity contribution in [3.8, 4) is 5.69 Å². The number of halogens is 1. The number of benzene rings is 1. The van der Waals surface area contributed by atoms with Crippen molar-refractivity contribution in [2.24, 2.45) is 14.1 Å². The molecule has 0 unspecified atom stereocenters. The molecular formula is C17H16FN5O3S3. The van der Waals surface area contributed by atoms with Crippen LogP contribution in [-0.2, 0) is 14.1 Å². The van der Waals surface area contributed by atoms with Gasteiger partial charge >= 0.3 is 5.69 Å². The Balaban J connectivity index is 1.91. The molecule has 0 spiro atoms. The summed E-state index contributed by atoms with van der Waals surface area (Å²) in [6, 6.07) is 5.69. The lowest BCUT2D eigenvalue weighted by atomic mass is 10.1. The first kappa shape index (κ1) is 21.1. The van der Waals surface area contributed by atoms with Crippen molar-refractivity contribution in [2.45, 2.75) is 16.5 Å². The second-order valence-electron chi connectivity index (χ2n) is 6.11. The van der Waals surface area contributed by atoms with E-state index in [9.17, 15) is 18.8 Å². The lowest BCUT2D eigenvalue weighted by Gasteiger charge is -2.13. The van der Waals surface area contributed by atoms with Gasteiger partial charge in [0.15, 0.2) is 14.1 Å². The Labute approximate surface area is 177 Å². The molecule has 1 aromatic carbocycles. The van der Waals surface area contributed by atoms with Gasteiger partial charge in [-0.15, -0.1) is 5.10 Å². The Morgan fingerprint density at radius 3 is 2.48 bits per heavy atom. The monoisotopic (exact) mass is 453 g/mol. The van der Waals surface area contributed by atoms with Gasteiger partial charge < -0.3 is 5.73 Å². The predicted octanol–water partition coefficient (Wildman–Crippen LogP) is 2.15. The standard InChI is InChI=1S/C17H16FN5O3S3/c1-8(12(24)11-13(19)21(2)16(26)22(3)14(11)25)28-15-20-23(17(27)29-15)10-6-4-9(18)5-7-10/h4-8H,19H2,1-3H3/t8-/m0/s1. The molecule has 1 atom stereocenters.